The number of furan rings is 1. The molecular weight excluding hydrogens is 651 g/mol. The molecule has 1 aliphatic rings. The molecule has 0 unspecified atom stereocenters. The Hall–Kier alpha value is -6.16. The van der Waals surface area contributed by atoms with Crippen molar-refractivity contribution in [2.75, 3.05) is 4.90 Å². The molecule has 0 bridgehead atoms. The van der Waals surface area contributed by atoms with Crippen molar-refractivity contribution in [2.24, 2.45) is 0 Å². The van der Waals surface area contributed by atoms with Gasteiger partial charge in [0.05, 0.1) is 16.8 Å². The van der Waals surface area contributed by atoms with Crippen molar-refractivity contribution >= 4 is 81.3 Å². The summed E-state index contributed by atoms with van der Waals surface area (Å²) in [5.74, 6) is 0. The van der Waals surface area contributed by atoms with E-state index in [9.17, 15) is 0 Å². The highest BCUT2D eigenvalue weighted by atomic mass is 32.1. The highest BCUT2D eigenvalue weighted by Gasteiger charge is 2.38. The first-order valence-corrected chi connectivity index (χ1v) is 18.7. The van der Waals surface area contributed by atoms with Crippen LogP contribution in [-0.4, -0.2) is 0 Å². The van der Waals surface area contributed by atoms with Crippen molar-refractivity contribution < 1.29 is 4.42 Å². The lowest BCUT2D eigenvalue weighted by Gasteiger charge is -2.29. The molecule has 0 N–H and O–H groups in total. The molecule has 52 heavy (non-hydrogen) atoms. The number of hydrogen-bond acceptors (Lipinski definition) is 3. The number of fused-ring (bicyclic) bond motifs is 10. The lowest BCUT2D eigenvalue weighted by atomic mass is 9.82. The summed E-state index contributed by atoms with van der Waals surface area (Å²) < 4.78 is 9.46. The SMILES string of the molecule is CC1(C)c2ccccc2-c2c(N(c3ccc4c(c3)sc3ccccc34)c3ccc(-c4ccc5ccccc5c4)c4oc5ccccc5c34)cccc21. The predicted molar refractivity (Wildman–Crippen MR) is 222 cm³/mol. The summed E-state index contributed by atoms with van der Waals surface area (Å²) in [4.78, 5) is 2.50. The number of rotatable bonds is 4. The maximum atomic E-state index is 6.88. The molecule has 8 aromatic carbocycles. The Morgan fingerprint density at radius 1 is 0.519 bits per heavy atom. The van der Waals surface area contributed by atoms with Crippen LogP contribution >= 0.6 is 11.3 Å². The monoisotopic (exact) mass is 683 g/mol. The maximum absolute atomic E-state index is 6.88. The number of benzene rings is 8. The molecule has 2 heterocycles. The normalized spacial score (nSPS) is 13.3. The predicted octanol–water partition coefficient (Wildman–Crippen LogP) is 14.6. The van der Waals surface area contributed by atoms with Crippen LogP contribution in [0.4, 0.5) is 17.1 Å². The van der Waals surface area contributed by atoms with Crippen LogP contribution in [0.5, 0.6) is 0 Å². The van der Waals surface area contributed by atoms with Crippen molar-refractivity contribution in [1.82, 2.24) is 0 Å². The van der Waals surface area contributed by atoms with Crippen LogP contribution in [0.15, 0.2) is 168 Å². The second kappa shape index (κ2) is 10.9. The highest BCUT2D eigenvalue weighted by Crippen LogP contribution is 2.56. The zero-order valence-electron chi connectivity index (χ0n) is 28.9. The van der Waals surface area contributed by atoms with Crippen molar-refractivity contribution in [3.63, 3.8) is 0 Å². The Morgan fingerprint density at radius 2 is 1.27 bits per heavy atom. The standard InChI is InChI=1S/C49H33NOS/c1-49(2)39-17-8-5-15-37(39)46-40(49)18-11-19-41(46)50(33-24-25-36-35-14-7-10-21-44(35)52-45(36)29-33)42-27-26-34(32-23-22-30-12-3-4-13-31(30)28-32)48-47(42)38-16-6-9-20-43(38)51-48/h3-29H,1-2H3. The van der Waals surface area contributed by atoms with E-state index in [0.717, 1.165) is 44.4 Å². The molecule has 0 aliphatic heterocycles. The molecule has 1 aliphatic carbocycles. The number of nitrogens with zero attached hydrogens (tertiary/aromatic N) is 1. The lowest BCUT2D eigenvalue weighted by Crippen LogP contribution is -2.16. The summed E-state index contributed by atoms with van der Waals surface area (Å²) in [5.41, 5.74) is 12.6. The van der Waals surface area contributed by atoms with Crippen LogP contribution in [-0.2, 0) is 5.41 Å². The Morgan fingerprint density at radius 3 is 2.19 bits per heavy atom. The first-order valence-electron chi connectivity index (χ1n) is 17.9. The van der Waals surface area contributed by atoms with Gasteiger partial charge in [0, 0.05) is 47.8 Å². The van der Waals surface area contributed by atoms with E-state index < -0.39 is 0 Å². The van der Waals surface area contributed by atoms with Crippen LogP contribution in [0.1, 0.15) is 25.0 Å². The van der Waals surface area contributed by atoms with Crippen molar-refractivity contribution in [2.45, 2.75) is 19.3 Å². The van der Waals surface area contributed by atoms with E-state index in [4.69, 9.17) is 4.42 Å². The van der Waals surface area contributed by atoms with E-state index in [2.05, 4.69) is 183 Å². The summed E-state index contributed by atoms with van der Waals surface area (Å²) in [5, 5.41) is 7.26. The fourth-order valence-corrected chi connectivity index (χ4v) is 9.90. The third kappa shape index (κ3) is 4.17. The third-order valence-electron chi connectivity index (χ3n) is 11.3. The van der Waals surface area contributed by atoms with E-state index >= 15 is 0 Å². The smallest absolute Gasteiger partial charge is 0.145 e. The van der Waals surface area contributed by atoms with Gasteiger partial charge in [0.1, 0.15) is 11.2 Å². The Bertz CT molecular complexity index is 3070. The second-order valence-corrected chi connectivity index (χ2v) is 15.6. The first kappa shape index (κ1) is 29.6. The molecule has 0 amide bonds. The molecule has 0 saturated carbocycles. The molecule has 10 aromatic rings. The largest absolute Gasteiger partial charge is 0.455 e. The average Bonchev–Trinajstić information content (AvgIpc) is 3.83. The van der Waals surface area contributed by atoms with Gasteiger partial charge in [0.15, 0.2) is 0 Å². The Labute approximate surface area is 305 Å². The minimum Gasteiger partial charge on any atom is -0.455 e. The minimum atomic E-state index is -0.124. The van der Waals surface area contributed by atoms with Gasteiger partial charge >= 0.3 is 0 Å². The summed E-state index contributed by atoms with van der Waals surface area (Å²) in [7, 11) is 0. The number of anilines is 3. The van der Waals surface area contributed by atoms with Gasteiger partial charge in [0.2, 0.25) is 0 Å². The average molecular weight is 684 g/mol. The molecule has 11 rings (SSSR count). The van der Waals surface area contributed by atoms with Gasteiger partial charge in [-0.2, -0.15) is 0 Å². The second-order valence-electron chi connectivity index (χ2n) is 14.5. The molecule has 2 aromatic heterocycles. The maximum Gasteiger partial charge on any atom is 0.145 e. The lowest BCUT2D eigenvalue weighted by molar-refractivity contribution is 0.660. The molecular formula is C49H33NOS. The van der Waals surface area contributed by atoms with Gasteiger partial charge in [-0.1, -0.05) is 129 Å². The van der Waals surface area contributed by atoms with Gasteiger partial charge in [0.25, 0.3) is 0 Å². The molecule has 246 valence electrons. The molecule has 2 nitrogen and oxygen atoms in total. The Kier molecular flexibility index (Phi) is 6.21. The Balaban J connectivity index is 1.24. The zero-order chi connectivity index (χ0) is 34.6. The first-order chi connectivity index (χ1) is 25.5. The van der Waals surface area contributed by atoms with Crippen molar-refractivity contribution in [3.05, 3.63) is 175 Å². The van der Waals surface area contributed by atoms with Crippen LogP contribution in [0.25, 0.3) is 75.1 Å². The molecule has 0 saturated heterocycles. The fourth-order valence-electron chi connectivity index (χ4n) is 8.76. The van der Waals surface area contributed by atoms with E-state index in [1.165, 1.54) is 58.9 Å². The van der Waals surface area contributed by atoms with Gasteiger partial charge in [-0.15, -0.1) is 11.3 Å². The molecule has 0 radical (unpaired) electrons. The summed E-state index contributed by atoms with van der Waals surface area (Å²) in [6.07, 6.45) is 0. The van der Waals surface area contributed by atoms with E-state index in [0.29, 0.717) is 0 Å². The van der Waals surface area contributed by atoms with E-state index in [1.807, 2.05) is 11.3 Å². The van der Waals surface area contributed by atoms with Crippen LogP contribution < -0.4 is 4.90 Å². The number of para-hydroxylation sites is 1. The fraction of sp³-hybridized carbons (Fsp3) is 0.0612. The van der Waals surface area contributed by atoms with Gasteiger partial charge in [-0.3, -0.25) is 0 Å². The van der Waals surface area contributed by atoms with Gasteiger partial charge in [-0.05, 0) is 81.6 Å². The third-order valence-corrected chi connectivity index (χ3v) is 12.4. The van der Waals surface area contributed by atoms with E-state index in [1.54, 1.807) is 0 Å². The zero-order valence-corrected chi connectivity index (χ0v) is 29.7. The molecule has 0 fully saturated rings. The minimum absolute atomic E-state index is 0.124. The van der Waals surface area contributed by atoms with Gasteiger partial charge < -0.3 is 9.32 Å². The van der Waals surface area contributed by atoms with E-state index in [-0.39, 0.29) is 5.41 Å². The summed E-state index contributed by atoms with van der Waals surface area (Å²) in [6, 6.07) is 59.9. The van der Waals surface area contributed by atoms with Crippen LogP contribution in [0, 0.1) is 0 Å². The number of hydrogen-bond donors (Lipinski definition) is 0. The summed E-state index contributed by atoms with van der Waals surface area (Å²) in [6.45, 7) is 4.71. The van der Waals surface area contributed by atoms with Crippen molar-refractivity contribution in [1.29, 1.82) is 0 Å². The molecule has 3 heteroatoms. The highest BCUT2D eigenvalue weighted by molar-refractivity contribution is 7.25. The number of thiophene rings is 1. The van der Waals surface area contributed by atoms with Crippen molar-refractivity contribution in [3.8, 4) is 22.3 Å². The molecule has 0 spiro atoms. The quantitative estimate of drug-likeness (QED) is 0.184. The van der Waals surface area contributed by atoms with Crippen LogP contribution in [0.2, 0.25) is 0 Å². The topological polar surface area (TPSA) is 16.4 Å². The summed E-state index contributed by atoms with van der Waals surface area (Å²) >= 11 is 1.86. The van der Waals surface area contributed by atoms with Gasteiger partial charge in [-0.25, -0.2) is 0 Å². The molecule has 0 atom stereocenters. The van der Waals surface area contributed by atoms with Crippen LogP contribution in [0.3, 0.4) is 0 Å².